The van der Waals surface area contributed by atoms with Crippen LogP contribution in [0.5, 0.6) is 5.75 Å². The Morgan fingerprint density at radius 2 is 1.60 bits per heavy atom. The second kappa shape index (κ2) is 13.5. The molecular weight excluding hydrogens is 526 g/mol. The molecular formula is C31H45N3O5S. The first-order valence-corrected chi connectivity index (χ1v) is 16.0. The average molecular weight is 572 g/mol. The van der Waals surface area contributed by atoms with Crippen molar-refractivity contribution in [2.24, 2.45) is 0 Å². The topological polar surface area (TPSA) is 96.0 Å². The first-order chi connectivity index (χ1) is 18.8. The van der Waals surface area contributed by atoms with E-state index in [2.05, 4.69) is 26.1 Å². The number of nitrogens with zero attached hydrogens (tertiary/aromatic N) is 2. The number of anilines is 1. The molecule has 0 unspecified atom stereocenters. The van der Waals surface area contributed by atoms with Crippen LogP contribution in [0.25, 0.3) is 0 Å². The molecule has 0 aromatic heterocycles. The highest BCUT2D eigenvalue weighted by atomic mass is 32.2. The average Bonchev–Trinajstić information content (AvgIpc) is 2.91. The van der Waals surface area contributed by atoms with E-state index in [1.54, 1.807) is 31.4 Å². The number of carbonyl (C=O) groups is 2. The zero-order chi connectivity index (χ0) is 29.5. The largest absolute Gasteiger partial charge is 0.497 e. The first-order valence-electron chi connectivity index (χ1n) is 14.1. The second-order valence-corrected chi connectivity index (χ2v) is 13.6. The van der Waals surface area contributed by atoms with Crippen LogP contribution < -0.4 is 14.4 Å². The number of carbonyl (C=O) groups excluding carboxylic acids is 2. The maximum absolute atomic E-state index is 13.9. The molecule has 3 rings (SSSR count). The molecule has 2 amide bonds. The van der Waals surface area contributed by atoms with Crippen molar-refractivity contribution in [3.8, 4) is 5.75 Å². The molecule has 1 aliphatic carbocycles. The maximum Gasteiger partial charge on any atom is 0.244 e. The zero-order valence-corrected chi connectivity index (χ0v) is 25.6. The van der Waals surface area contributed by atoms with Crippen molar-refractivity contribution in [3.63, 3.8) is 0 Å². The number of methoxy groups -OCH3 is 1. The van der Waals surface area contributed by atoms with Gasteiger partial charge in [-0.25, -0.2) is 8.42 Å². The van der Waals surface area contributed by atoms with Crippen molar-refractivity contribution in [2.75, 3.05) is 24.2 Å². The maximum atomic E-state index is 13.9. The van der Waals surface area contributed by atoms with Crippen molar-refractivity contribution in [2.45, 2.75) is 90.3 Å². The van der Waals surface area contributed by atoms with E-state index in [0.717, 1.165) is 47.4 Å². The number of amides is 2. The lowest BCUT2D eigenvalue weighted by molar-refractivity contribution is -0.140. The van der Waals surface area contributed by atoms with Crippen molar-refractivity contribution in [1.29, 1.82) is 0 Å². The molecule has 0 spiro atoms. The van der Waals surface area contributed by atoms with Crippen LogP contribution in [0.4, 0.5) is 5.69 Å². The molecule has 0 saturated heterocycles. The molecule has 1 fully saturated rings. The molecule has 1 aliphatic rings. The summed E-state index contributed by atoms with van der Waals surface area (Å²) in [5.41, 5.74) is 2.19. The molecule has 2 aromatic carbocycles. The molecule has 40 heavy (non-hydrogen) atoms. The highest BCUT2D eigenvalue weighted by Gasteiger charge is 2.33. The van der Waals surface area contributed by atoms with Gasteiger partial charge in [0.2, 0.25) is 21.8 Å². The van der Waals surface area contributed by atoms with Crippen LogP contribution in [0, 0.1) is 0 Å². The van der Waals surface area contributed by atoms with E-state index in [1.807, 2.05) is 31.2 Å². The summed E-state index contributed by atoms with van der Waals surface area (Å²) in [5, 5.41) is 3.16. The van der Waals surface area contributed by atoms with Crippen molar-refractivity contribution < 1.29 is 22.7 Å². The quantitative estimate of drug-likeness (QED) is 0.409. The lowest BCUT2D eigenvalue weighted by atomic mass is 9.87. The molecule has 0 aliphatic heterocycles. The predicted octanol–water partition coefficient (Wildman–Crippen LogP) is 5.02. The Kier molecular flexibility index (Phi) is 10.6. The van der Waals surface area contributed by atoms with Gasteiger partial charge in [-0.05, 0) is 60.1 Å². The van der Waals surface area contributed by atoms with Crippen LogP contribution in [0.1, 0.15) is 77.3 Å². The van der Waals surface area contributed by atoms with Gasteiger partial charge < -0.3 is 15.0 Å². The van der Waals surface area contributed by atoms with Crippen molar-refractivity contribution in [1.82, 2.24) is 10.2 Å². The number of hydrogen-bond donors (Lipinski definition) is 1. The Morgan fingerprint density at radius 3 is 2.10 bits per heavy atom. The Morgan fingerprint density at radius 1 is 1.00 bits per heavy atom. The minimum absolute atomic E-state index is 0.0977. The van der Waals surface area contributed by atoms with Gasteiger partial charge in [0.15, 0.2) is 0 Å². The highest BCUT2D eigenvalue weighted by molar-refractivity contribution is 7.92. The molecule has 1 saturated carbocycles. The Bertz CT molecular complexity index is 1230. The summed E-state index contributed by atoms with van der Waals surface area (Å²) in [5.74, 6) is 0.0501. The van der Waals surface area contributed by atoms with Gasteiger partial charge in [-0.3, -0.25) is 13.9 Å². The summed E-state index contributed by atoms with van der Waals surface area (Å²) < 4.78 is 32.2. The van der Waals surface area contributed by atoms with E-state index in [9.17, 15) is 18.0 Å². The van der Waals surface area contributed by atoms with Gasteiger partial charge in [-0.1, -0.05) is 71.2 Å². The van der Waals surface area contributed by atoms with Gasteiger partial charge in [0, 0.05) is 12.6 Å². The van der Waals surface area contributed by atoms with E-state index in [-0.39, 0.29) is 23.9 Å². The number of nitrogens with one attached hydrogen (secondary N) is 1. The molecule has 0 bridgehead atoms. The zero-order valence-electron chi connectivity index (χ0n) is 24.8. The predicted molar refractivity (Wildman–Crippen MR) is 160 cm³/mol. The van der Waals surface area contributed by atoms with Crippen LogP contribution in [0.15, 0.2) is 48.5 Å². The minimum atomic E-state index is -3.78. The van der Waals surface area contributed by atoms with E-state index >= 15 is 0 Å². The summed E-state index contributed by atoms with van der Waals surface area (Å²) in [4.78, 5) is 29.0. The standard InChI is InChI=1S/C31H45N3O5S/c1-7-28(30(36)32-25-11-9-8-10-12-25)33(21-23-13-19-27(39-5)20-14-23)29(35)22-34(40(6,37)38)26-17-15-24(16-18-26)31(2,3)4/h13-20,25,28H,7-12,21-22H2,1-6H3,(H,32,36)/t28-/m1/s1. The Balaban J connectivity index is 1.92. The molecule has 8 nitrogen and oxygen atoms in total. The molecule has 0 radical (unpaired) electrons. The molecule has 220 valence electrons. The van der Waals surface area contributed by atoms with E-state index in [1.165, 1.54) is 11.3 Å². The SMILES string of the molecule is CC[C@H](C(=O)NC1CCCCC1)N(Cc1ccc(OC)cc1)C(=O)CN(c1ccc(C(C)(C)C)cc1)S(C)(=O)=O. The first kappa shape index (κ1) is 31.5. The van der Waals surface area contributed by atoms with Gasteiger partial charge in [0.05, 0.1) is 19.1 Å². The third kappa shape index (κ3) is 8.46. The number of rotatable bonds is 11. The van der Waals surface area contributed by atoms with Gasteiger partial charge in [-0.2, -0.15) is 0 Å². The fraction of sp³-hybridized carbons (Fsp3) is 0.548. The number of sulfonamides is 1. The third-order valence-electron chi connectivity index (χ3n) is 7.55. The van der Waals surface area contributed by atoms with Crippen LogP contribution in [0.3, 0.4) is 0 Å². The van der Waals surface area contributed by atoms with Crippen LogP contribution in [-0.2, 0) is 31.6 Å². The highest BCUT2D eigenvalue weighted by Crippen LogP contribution is 2.27. The molecule has 1 N–H and O–H groups in total. The van der Waals surface area contributed by atoms with E-state index in [4.69, 9.17) is 4.74 Å². The third-order valence-corrected chi connectivity index (χ3v) is 8.69. The normalized spacial score (nSPS) is 15.2. The smallest absolute Gasteiger partial charge is 0.244 e. The minimum Gasteiger partial charge on any atom is -0.497 e. The fourth-order valence-corrected chi connectivity index (χ4v) is 5.98. The summed E-state index contributed by atoms with van der Waals surface area (Å²) in [6, 6.07) is 13.9. The second-order valence-electron chi connectivity index (χ2n) is 11.7. The van der Waals surface area contributed by atoms with Crippen LogP contribution >= 0.6 is 0 Å². The molecule has 1 atom stereocenters. The summed E-state index contributed by atoms with van der Waals surface area (Å²) in [6.45, 7) is 7.89. The van der Waals surface area contributed by atoms with Crippen LogP contribution in [-0.4, -0.2) is 57.1 Å². The van der Waals surface area contributed by atoms with Gasteiger partial charge in [0.25, 0.3) is 0 Å². The van der Waals surface area contributed by atoms with Crippen molar-refractivity contribution >= 4 is 27.5 Å². The summed E-state index contributed by atoms with van der Waals surface area (Å²) >= 11 is 0. The molecule has 9 heteroatoms. The van der Waals surface area contributed by atoms with Gasteiger partial charge >= 0.3 is 0 Å². The van der Waals surface area contributed by atoms with Gasteiger partial charge in [0.1, 0.15) is 18.3 Å². The number of benzene rings is 2. The van der Waals surface area contributed by atoms with Gasteiger partial charge in [-0.15, -0.1) is 0 Å². The number of ether oxygens (including phenoxy) is 1. The van der Waals surface area contributed by atoms with Crippen molar-refractivity contribution in [3.05, 3.63) is 59.7 Å². The molecule has 2 aromatic rings. The molecule has 0 heterocycles. The van der Waals surface area contributed by atoms with E-state index in [0.29, 0.717) is 17.9 Å². The lowest BCUT2D eigenvalue weighted by Crippen LogP contribution is -2.53. The lowest BCUT2D eigenvalue weighted by Gasteiger charge is -2.34. The number of hydrogen-bond acceptors (Lipinski definition) is 5. The Hall–Kier alpha value is -3.07. The fourth-order valence-electron chi connectivity index (χ4n) is 5.13. The summed E-state index contributed by atoms with van der Waals surface area (Å²) in [7, 11) is -2.20. The van der Waals surface area contributed by atoms with Crippen LogP contribution in [0.2, 0.25) is 0 Å². The van der Waals surface area contributed by atoms with E-state index < -0.39 is 28.5 Å². The monoisotopic (exact) mass is 571 g/mol. The Labute approximate surface area is 240 Å². The summed E-state index contributed by atoms with van der Waals surface area (Å²) in [6.07, 6.45) is 6.69.